The highest BCUT2D eigenvalue weighted by molar-refractivity contribution is 6.03. The molecule has 5 heteroatoms. The Kier molecular flexibility index (Phi) is 6.06. The van der Waals surface area contributed by atoms with E-state index in [-0.39, 0.29) is 5.91 Å². The maximum atomic E-state index is 12.0. The number of nitriles is 1. The third-order valence-electron chi connectivity index (χ3n) is 4.11. The van der Waals surface area contributed by atoms with Gasteiger partial charge in [-0.25, -0.2) is 0 Å². The predicted octanol–water partition coefficient (Wildman–Crippen LogP) is 4.40. The summed E-state index contributed by atoms with van der Waals surface area (Å²) in [5.41, 5.74) is 10.5. The van der Waals surface area contributed by atoms with Gasteiger partial charge in [0.2, 0.25) is 5.91 Å². The number of nitrogens with zero attached hydrogens (tertiary/aromatic N) is 1. The first-order valence-electron chi connectivity index (χ1n) is 8.80. The van der Waals surface area contributed by atoms with Crippen molar-refractivity contribution >= 4 is 29.0 Å². The van der Waals surface area contributed by atoms with E-state index in [0.29, 0.717) is 23.5 Å². The molecule has 0 radical (unpaired) electrons. The monoisotopic (exact) mass is 368 g/mol. The van der Waals surface area contributed by atoms with E-state index in [0.717, 1.165) is 16.8 Å². The molecule has 3 aromatic carbocycles. The highest BCUT2D eigenvalue weighted by Crippen LogP contribution is 2.17. The van der Waals surface area contributed by atoms with Crippen LogP contribution in [0.25, 0.3) is 6.08 Å². The Bertz CT molecular complexity index is 1030. The van der Waals surface area contributed by atoms with E-state index in [9.17, 15) is 4.79 Å². The number of para-hydroxylation sites is 2. The van der Waals surface area contributed by atoms with Crippen LogP contribution in [0.1, 0.15) is 16.7 Å². The van der Waals surface area contributed by atoms with Crippen LogP contribution in [0.2, 0.25) is 0 Å². The summed E-state index contributed by atoms with van der Waals surface area (Å²) in [7, 11) is 0. The zero-order valence-corrected chi connectivity index (χ0v) is 15.2. The SMILES string of the molecule is N#Cc1cccc(NCc2ccc(C=CC(=O)Nc3ccccc3N)cc2)c1. The number of amides is 1. The van der Waals surface area contributed by atoms with Crippen molar-refractivity contribution in [3.8, 4) is 6.07 Å². The van der Waals surface area contributed by atoms with Gasteiger partial charge in [0.15, 0.2) is 0 Å². The van der Waals surface area contributed by atoms with E-state index >= 15 is 0 Å². The van der Waals surface area contributed by atoms with Crippen molar-refractivity contribution in [3.63, 3.8) is 0 Å². The minimum atomic E-state index is -0.235. The number of anilines is 3. The number of hydrogen-bond acceptors (Lipinski definition) is 4. The molecule has 3 rings (SSSR count). The Labute approximate surface area is 164 Å². The number of benzene rings is 3. The molecule has 4 N–H and O–H groups in total. The molecule has 0 saturated heterocycles. The average molecular weight is 368 g/mol. The minimum Gasteiger partial charge on any atom is -0.397 e. The zero-order valence-electron chi connectivity index (χ0n) is 15.2. The van der Waals surface area contributed by atoms with Crippen molar-refractivity contribution < 1.29 is 4.79 Å². The van der Waals surface area contributed by atoms with Gasteiger partial charge in [-0.15, -0.1) is 0 Å². The molecule has 0 unspecified atom stereocenters. The topological polar surface area (TPSA) is 90.9 Å². The molecule has 0 heterocycles. The predicted molar refractivity (Wildman–Crippen MR) is 113 cm³/mol. The van der Waals surface area contributed by atoms with Crippen LogP contribution >= 0.6 is 0 Å². The van der Waals surface area contributed by atoms with Gasteiger partial charge in [0, 0.05) is 18.3 Å². The molecule has 138 valence electrons. The lowest BCUT2D eigenvalue weighted by atomic mass is 10.1. The molecule has 0 spiro atoms. The normalized spacial score (nSPS) is 10.4. The second kappa shape index (κ2) is 9.06. The molecule has 3 aromatic rings. The number of nitrogens with one attached hydrogen (secondary N) is 2. The summed E-state index contributed by atoms with van der Waals surface area (Å²) in [6.07, 6.45) is 3.23. The number of nitrogen functional groups attached to an aromatic ring is 1. The Morgan fingerprint density at radius 3 is 2.57 bits per heavy atom. The van der Waals surface area contributed by atoms with Crippen molar-refractivity contribution in [2.45, 2.75) is 6.54 Å². The molecular weight excluding hydrogens is 348 g/mol. The van der Waals surface area contributed by atoms with Gasteiger partial charge in [0.1, 0.15) is 0 Å². The largest absolute Gasteiger partial charge is 0.397 e. The van der Waals surface area contributed by atoms with E-state index in [1.54, 1.807) is 24.3 Å². The van der Waals surface area contributed by atoms with Crippen molar-refractivity contribution in [1.82, 2.24) is 0 Å². The Morgan fingerprint density at radius 1 is 1.04 bits per heavy atom. The van der Waals surface area contributed by atoms with Crippen LogP contribution in [0.15, 0.2) is 78.9 Å². The maximum absolute atomic E-state index is 12.0. The maximum Gasteiger partial charge on any atom is 0.248 e. The summed E-state index contributed by atoms with van der Waals surface area (Å²) in [5.74, 6) is -0.235. The second-order valence-corrected chi connectivity index (χ2v) is 6.20. The summed E-state index contributed by atoms with van der Waals surface area (Å²) in [6, 6.07) is 24.5. The molecule has 28 heavy (non-hydrogen) atoms. The first kappa shape index (κ1) is 18.7. The molecule has 0 fully saturated rings. The van der Waals surface area contributed by atoms with Crippen LogP contribution in [-0.2, 0) is 11.3 Å². The lowest BCUT2D eigenvalue weighted by Gasteiger charge is -2.07. The third-order valence-corrected chi connectivity index (χ3v) is 4.11. The van der Waals surface area contributed by atoms with Crippen LogP contribution in [-0.4, -0.2) is 5.91 Å². The highest BCUT2D eigenvalue weighted by atomic mass is 16.1. The van der Waals surface area contributed by atoms with E-state index in [1.165, 1.54) is 6.08 Å². The molecule has 0 aliphatic carbocycles. The van der Waals surface area contributed by atoms with Gasteiger partial charge in [-0.1, -0.05) is 42.5 Å². The first-order chi connectivity index (χ1) is 13.6. The lowest BCUT2D eigenvalue weighted by molar-refractivity contribution is -0.111. The summed E-state index contributed by atoms with van der Waals surface area (Å²) in [5, 5.41) is 15.0. The van der Waals surface area contributed by atoms with Crippen molar-refractivity contribution in [1.29, 1.82) is 5.26 Å². The summed E-state index contributed by atoms with van der Waals surface area (Å²) in [4.78, 5) is 12.0. The summed E-state index contributed by atoms with van der Waals surface area (Å²) in [6.45, 7) is 0.645. The smallest absolute Gasteiger partial charge is 0.248 e. The summed E-state index contributed by atoms with van der Waals surface area (Å²) >= 11 is 0. The molecule has 5 nitrogen and oxygen atoms in total. The fraction of sp³-hybridized carbons (Fsp3) is 0.0435. The van der Waals surface area contributed by atoms with E-state index in [2.05, 4.69) is 16.7 Å². The van der Waals surface area contributed by atoms with E-state index < -0.39 is 0 Å². The molecule has 0 saturated carbocycles. The fourth-order valence-electron chi connectivity index (χ4n) is 2.61. The molecule has 1 amide bonds. The second-order valence-electron chi connectivity index (χ2n) is 6.20. The summed E-state index contributed by atoms with van der Waals surface area (Å²) < 4.78 is 0. The molecule has 0 aliphatic rings. The van der Waals surface area contributed by atoms with Crippen LogP contribution in [0.5, 0.6) is 0 Å². The van der Waals surface area contributed by atoms with Gasteiger partial charge in [0.05, 0.1) is 23.0 Å². The van der Waals surface area contributed by atoms with Crippen LogP contribution in [0, 0.1) is 11.3 Å². The minimum absolute atomic E-state index is 0.235. The van der Waals surface area contributed by atoms with Crippen molar-refractivity contribution in [3.05, 3.63) is 95.6 Å². The quantitative estimate of drug-likeness (QED) is 0.444. The van der Waals surface area contributed by atoms with Gasteiger partial charge in [-0.3, -0.25) is 4.79 Å². The molecule has 0 aliphatic heterocycles. The van der Waals surface area contributed by atoms with Crippen molar-refractivity contribution in [2.75, 3.05) is 16.4 Å². The standard InChI is InChI=1S/C23H20N4O/c24-15-19-4-3-5-20(14-19)26-16-18-10-8-17(9-11-18)12-13-23(28)27-22-7-2-1-6-21(22)25/h1-14,26H,16,25H2,(H,27,28). The number of carbonyl (C=O) groups excluding carboxylic acids is 1. The van der Waals surface area contributed by atoms with Crippen LogP contribution < -0.4 is 16.4 Å². The van der Waals surface area contributed by atoms with Gasteiger partial charge in [-0.05, 0) is 47.5 Å². The number of hydrogen-bond donors (Lipinski definition) is 3. The molecule has 0 bridgehead atoms. The number of rotatable bonds is 6. The van der Waals surface area contributed by atoms with Crippen LogP contribution in [0.4, 0.5) is 17.1 Å². The Balaban J connectivity index is 1.55. The molecule has 0 aromatic heterocycles. The molecule has 0 atom stereocenters. The fourth-order valence-corrected chi connectivity index (χ4v) is 2.61. The Hall–Kier alpha value is -4.04. The lowest BCUT2D eigenvalue weighted by Crippen LogP contribution is -2.09. The van der Waals surface area contributed by atoms with Gasteiger partial charge < -0.3 is 16.4 Å². The zero-order chi connectivity index (χ0) is 19.8. The first-order valence-corrected chi connectivity index (χ1v) is 8.80. The van der Waals surface area contributed by atoms with Gasteiger partial charge in [0.25, 0.3) is 0 Å². The third kappa shape index (κ3) is 5.23. The van der Waals surface area contributed by atoms with E-state index in [4.69, 9.17) is 11.0 Å². The van der Waals surface area contributed by atoms with Gasteiger partial charge in [-0.2, -0.15) is 5.26 Å². The Morgan fingerprint density at radius 2 is 1.82 bits per heavy atom. The van der Waals surface area contributed by atoms with Gasteiger partial charge >= 0.3 is 0 Å². The molecular formula is C23H20N4O. The highest BCUT2D eigenvalue weighted by Gasteiger charge is 2.01. The van der Waals surface area contributed by atoms with E-state index in [1.807, 2.05) is 54.6 Å². The number of carbonyl (C=O) groups is 1. The van der Waals surface area contributed by atoms with Crippen molar-refractivity contribution in [2.24, 2.45) is 0 Å². The number of nitrogens with two attached hydrogens (primary N) is 1. The van der Waals surface area contributed by atoms with Crippen LogP contribution in [0.3, 0.4) is 0 Å². The average Bonchev–Trinajstić information content (AvgIpc) is 2.73.